The Labute approximate surface area is 132 Å². The second-order valence-electron chi connectivity index (χ2n) is 4.73. The topological polar surface area (TPSA) is 70.2 Å². The second-order valence-corrected chi connectivity index (χ2v) is 5.79. The van der Waals surface area contributed by atoms with Gasteiger partial charge in [-0.1, -0.05) is 25.6 Å². The van der Waals surface area contributed by atoms with Crippen molar-refractivity contribution in [1.29, 1.82) is 0 Å². The third-order valence-electron chi connectivity index (χ3n) is 2.57. The lowest BCUT2D eigenvalue weighted by molar-refractivity contribution is -0.123. The first-order valence-electron chi connectivity index (χ1n) is 6.76. The molecule has 0 bridgehead atoms. The predicted octanol–water partition coefficient (Wildman–Crippen LogP) is 2.90. The Morgan fingerprint density at radius 3 is 2.23 bits per heavy atom. The van der Waals surface area contributed by atoms with Crippen LogP contribution in [0.5, 0.6) is 0 Å². The number of halogens is 2. The molecule has 0 aromatic heterocycles. The molecule has 5 nitrogen and oxygen atoms in total. The van der Waals surface area contributed by atoms with Crippen molar-refractivity contribution in [3.8, 4) is 0 Å². The number of rotatable bonds is 7. The van der Waals surface area contributed by atoms with Crippen molar-refractivity contribution < 1.29 is 18.4 Å². The summed E-state index contributed by atoms with van der Waals surface area (Å²) in [6.45, 7) is 4.20. The summed E-state index contributed by atoms with van der Waals surface area (Å²) in [6.07, 6.45) is 0. The minimum absolute atomic E-state index is 0.0747. The lowest BCUT2D eigenvalue weighted by Crippen LogP contribution is -2.38. The molecule has 1 aromatic rings. The van der Waals surface area contributed by atoms with Crippen molar-refractivity contribution in [1.82, 2.24) is 10.6 Å². The van der Waals surface area contributed by atoms with Gasteiger partial charge in [-0.3, -0.25) is 4.79 Å². The van der Waals surface area contributed by atoms with E-state index >= 15 is 0 Å². The van der Waals surface area contributed by atoms with Crippen molar-refractivity contribution in [2.24, 2.45) is 5.92 Å². The molecule has 22 heavy (non-hydrogen) atoms. The molecule has 1 aromatic carbocycles. The molecule has 0 saturated carbocycles. The number of nitrogens with one attached hydrogen (secondary N) is 3. The highest BCUT2D eigenvalue weighted by Crippen LogP contribution is 2.26. The maximum atomic E-state index is 12.2. The van der Waals surface area contributed by atoms with E-state index in [-0.39, 0.29) is 11.8 Å². The smallest absolute Gasteiger partial charge is 0.319 e. The third-order valence-corrected chi connectivity index (χ3v) is 3.29. The zero-order valence-electron chi connectivity index (χ0n) is 12.4. The van der Waals surface area contributed by atoms with Crippen LogP contribution in [0.1, 0.15) is 13.8 Å². The van der Waals surface area contributed by atoms with Crippen molar-refractivity contribution >= 4 is 29.4 Å². The average Bonchev–Trinajstić information content (AvgIpc) is 2.44. The van der Waals surface area contributed by atoms with Gasteiger partial charge >= 0.3 is 6.03 Å². The number of thioether (sulfide) groups is 1. The molecule has 0 spiro atoms. The van der Waals surface area contributed by atoms with Crippen LogP contribution >= 0.6 is 11.8 Å². The Kier molecular flexibility index (Phi) is 7.65. The quantitative estimate of drug-likeness (QED) is 0.531. The number of amides is 3. The number of carbonyl (C=O) groups excluding carboxylic acids is 2. The van der Waals surface area contributed by atoms with E-state index in [1.165, 1.54) is 12.1 Å². The predicted molar refractivity (Wildman–Crippen MR) is 83.2 cm³/mol. The Bertz CT molecular complexity index is 495. The largest absolute Gasteiger partial charge is 0.354 e. The Balaban J connectivity index is 2.28. The first-order valence-corrected chi connectivity index (χ1v) is 7.64. The molecule has 3 N–H and O–H groups in total. The van der Waals surface area contributed by atoms with Gasteiger partial charge in [0.2, 0.25) is 5.91 Å². The Morgan fingerprint density at radius 2 is 1.68 bits per heavy atom. The van der Waals surface area contributed by atoms with Gasteiger partial charge in [0.05, 0.1) is 0 Å². The van der Waals surface area contributed by atoms with Crippen LogP contribution in [0.3, 0.4) is 0 Å². The van der Waals surface area contributed by atoms with Crippen LogP contribution < -0.4 is 16.0 Å². The van der Waals surface area contributed by atoms with Crippen molar-refractivity contribution in [2.75, 3.05) is 18.4 Å². The van der Waals surface area contributed by atoms with Gasteiger partial charge in [-0.25, -0.2) is 4.79 Å². The minimum atomic E-state index is -2.47. The molecule has 122 valence electrons. The number of alkyl halides is 2. The van der Waals surface area contributed by atoms with Crippen LogP contribution in [0, 0.1) is 5.92 Å². The molecular formula is C14H19F2N3O2S. The normalized spacial score (nSPS) is 10.6. The van der Waals surface area contributed by atoms with E-state index in [0.717, 1.165) is 0 Å². The zero-order valence-corrected chi connectivity index (χ0v) is 13.2. The molecule has 8 heteroatoms. The fraction of sp³-hybridized carbons (Fsp3) is 0.429. The van der Waals surface area contributed by atoms with Crippen molar-refractivity contribution in [3.63, 3.8) is 0 Å². The molecule has 0 radical (unpaired) electrons. The highest BCUT2D eigenvalue weighted by Gasteiger charge is 2.07. The molecule has 0 heterocycles. The molecule has 0 unspecified atom stereocenters. The van der Waals surface area contributed by atoms with Crippen LogP contribution in [0.15, 0.2) is 29.2 Å². The maximum absolute atomic E-state index is 12.2. The average molecular weight is 331 g/mol. The van der Waals surface area contributed by atoms with Gasteiger partial charge in [-0.15, -0.1) is 0 Å². The molecule has 0 fully saturated rings. The van der Waals surface area contributed by atoms with Gasteiger partial charge in [0.15, 0.2) is 0 Å². The number of carbonyl (C=O) groups is 2. The Hall–Kier alpha value is -1.83. The van der Waals surface area contributed by atoms with Gasteiger partial charge < -0.3 is 16.0 Å². The molecule has 0 aliphatic rings. The van der Waals surface area contributed by atoms with Crippen LogP contribution in [0.25, 0.3) is 0 Å². The van der Waals surface area contributed by atoms with Crippen LogP contribution in [0.2, 0.25) is 0 Å². The lowest BCUT2D eigenvalue weighted by atomic mass is 10.2. The summed E-state index contributed by atoms with van der Waals surface area (Å²) in [7, 11) is 0. The fourth-order valence-electron chi connectivity index (χ4n) is 1.46. The van der Waals surface area contributed by atoms with Crippen molar-refractivity contribution in [2.45, 2.75) is 24.5 Å². The molecule has 0 aliphatic heterocycles. The van der Waals surface area contributed by atoms with E-state index in [1.54, 1.807) is 26.0 Å². The van der Waals surface area contributed by atoms with Crippen LogP contribution in [0.4, 0.5) is 19.3 Å². The summed E-state index contributed by atoms with van der Waals surface area (Å²) in [5.74, 6) is -2.64. The molecule has 0 saturated heterocycles. The van der Waals surface area contributed by atoms with Crippen LogP contribution in [-0.2, 0) is 4.79 Å². The first-order chi connectivity index (χ1) is 10.4. The monoisotopic (exact) mass is 331 g/mol. The second kappa shape index (κ2) is 9.24. The lowest BCUT2D eigenvalue weighted by Gasteiger charge is -2.10. The van der Waals surface area contributed by atoms with E-state index in [4.69, 9.17) is 0 Å². The molecular weight excluding hydrogens is 312 g/mol. The van der Waals surface area contributed by atoms with E-state index in [9.17, 15) is 18.4 Å². The number of urea groups is 1. The van der Waals surface area contributed by atoms with E-state index in [0.29, 0.717) is 35.4 Å². The summed E-state index contributed by atoms with van der Waals surface area (Å²) in [5.41, 5.74) is 0.502. The highest BCUT2D eigenvalue weighted by molar-refractivity contribution is 7.99. The number of benzene rings is 1. The first kappa shape index (κ1) is 18.2. The molecule has 1 rings (SSSR count). The number of hydrogen-bond donors (Lipinski definition) is 3. The van der Waals surface area contributed by atoms with Gasteiger partial charge in [-0.05, 0) is 24.3 Å². The van der Waals surface area contributed by atoms with Gasteiger partial charge in [0, 0.05) is 29.6 Å². The standard InChI is InChI=1S/C14H19F2N3O2S/c1-9(2)12(20)17-7-8-18-14(21)19-10-3-5-11(6-4-10)22-13(15)16/h3-6,9,13H,7-8H2,1-2H3,(H,17,20)(H2,18,19,21). The summed E-state index contributed by atoms with van der Waals surface area (Å²) >= 11 is 0.446. The van der Waals surface area contributed by atoms with Gasteiger partial charge in [-0.2, -0.15) is 8.78 Å². The molecule has 3 amide bonds. The summed E-state index contributed by atoms with van der Waals surface area (Å²) in [6, 6.07) is 5.69. The maximum Gasteiger partial charge on any atom is 0.319 e. The Morgan fingerprint density at radius 1 is 1.09 bits per heavy atom. The van der Waals surface area contributed by atoms with Crippen molar-refractivity contribution in [3.05, 3.63) is 24.3 Å². The third kappa shape index (κ3) is 7.26. The van der Waals surface area contributed by atoms with Crippen LogP contribution in [-0.4, -0.2) is 30.8 Å². The molecule has 0 atom stereocenters. The SMILES string of the molecule is CC(C)C(=O)NCCNC(=O)Nc1ccc(SC(F)F)cc1. The fourth-order valence-corrected chi connectivity index (χ4v) is 1.96. The number of hydrogen-bond acceptors (Lipinski definition) is 3. The summed E-state index contributed by atoms with van der Waals surface area (Å²) in [4.78, 5) is 23.3. The van der Waals surface area contributed by atoms with E-state index < -0.39 is 11.8 Å². The summed E-state index contributed by atoms with van der Waals surface area (Å²) in [5, 5.41) is 7.83. The molecule has 0 aliphatic carbocycles. The summed E-state index contributed by atoms with van der Waals surface area (Å²) < 4.78 is 24.3. The van der Waals surface area contributed by atoms with Gasteiger partial charge in [0.25, 0.3) is 5.76 Å². The highest BCUT2D eigenvalue weighted by atomic mass is 32.2. The van der Waals surface area contributed by atoms with E-state index in [1.807, 2.05) is 0 Å². The number of anilines is 1. The zero-order chi connectivity index (χ0) is 16.5. The van der Waals surface area contributed by atoms with Gasteiger partial charge in [0.1, 0.15) is 0 Å². The minimum Gasteiger partial charge on any atom is -0.354 e. The van der Waals surface area contributed by atoms with E-state index in [2.05, 4.69) is 16.0 Å².